The first-order valence-corrected chi connectivity index (χ1v) is 6.07. The van der Waals surface area contributed by atoms with Crippen LogP contribution in [0.25, 0.3) is 0 Å². The van der Waals surface area contributed by atoms with Crippen molar-refractivity contribution in [3.63, 3.8) is 0 Å². The van der Waals surface area contributed by atoms with Gasteiger partial charge in [0, 0.05) is 11.5 Å². The Morgan fingerprint density at radius 3 is 2.36 bits per heavy atom. The molecule has 2 aliphatic heterocycles. The van der Waals surface area contributed by atoms with Gasteiger partial charge in [-0.05, 0) is 39.3 Å². The number of hydrogen-bond donors (Lipinski definition) is 0. The monoisotopic (exact) mass is 197 g/mol. The molecule has 2 fully saturated rings. The van der Waals surface area contributed by atoms with Gasteiger partial charge < -0.3 is 9.64 Å². The molecule has 0 amide bonds. The summed E-state index contributed by atoms with van der Waals surface area (Å²) in [6.45, 7) is 9.31. The van der Waals surface area contributed by atoms with E-state index in [0.717, 1.165) is 19.3 Å². The van der Waals surface area contributed by atoms with Crippen LogP contribution >= 0.6 is 0 Å². The Morgan fingerprint density at radius 2 is 1.93 bits per heavy atom. The number of ether oxygens (including phenoxy) is 1. The number of likely N-dealkylation sites (tertiary alicyclic amines) is 1. The molecule has 1 atom stereocenters. The molecule has 0 aliphatic carbocycles. The van der Waals surface area contributed by atoms with Gasteiger partial charge in [0.1, 0.15) is 0 Å². The Kier molecular flexibility index (Phi) is 3.13. The second-order valence-corrected chi connectivity index (χ2v) is 5.17. The lowest BCUT2D eigenvalue weighted by atomic mass is 9.76. The van der Waals surface area contributed by atoms with E-state index in [1.165, 1.54) is 38.8 Å². The molecular weight excluding hydrogens is 174 g/mol. The highest BCUT2D eigenvalue weighted by Crippen LogP contribution is 2.38. The molecule has 82 valence electrons. The molecule has 0 N–H and O–H groups in total. The predicted molar refractivity (Wildman–Crippen MR) is 58.4 cm³/mol. The van der Waals surface area contributed by atoms with Crippen molar-refractivity contribution >= 4 is 0 Å². The minimum absolute atomic E-state index is 0.600. The van der Waals surface area contributed by atoms with Crippen LogP contribution in [0.15, 0.2) is 0 Å². The molecule has 1 spiro atoms. The van der Waals surface area contributed by atoms with E-state index in [2.05, 4.69) is 18.7 Å². The number of hydrogen-bond acceptors (Lipinski definition) is 2. The average molecular weight is 197 g/mol. The van der Waals surface area contributed by atoms with E-state index >= 15 is 0 Å². The van der Waals surface area contributed by atoms with E-state index < -0.39 is 0 Å². The maximum absolute atomic E-state index is 5.34. The molecule has 2 aliphatic rings. The predicted octanol–water partition coefficient (Wildman–Crippen LogP) is 2.29. The van der Waals surface area contributed by atoms with Crippen molar-refractivity contribution in [3.8, 4) is 0 Å². The SMILES string of the molecule is CCCC(C)N1CCC2(CC1)COC2. The molecule has 0 saturated carbocycles. The Morgan fingerprint density at radius 1 is 1.29 bits per heavy atom. The Balaban J connectivity index is 1.77. The Labute approximate surface area is 87.6 Å². The second-order valence-electron chi connectivity index (χ2n) is 5.17. The zero-order valence-corrected chi connectivity index (χ0v) is 9.59. The van der Waals surface area contributed by atoms with Crippen molar-refractivity contribution in [1.29, 1.82) is 0 Å². The standard InChI is InChI=1S/C12H23NO/c1-3-4-11(2)13-7-5-12(6-8-13)9-14-10-12/h11H,3-10H2,1-2H3. The molecule has 1 unspecified atom stereocenters. The first kappa shape index (κ1) is 10.4. The third kappa shape index (κ3) is 1.96. The van der Waals surface area contributed by atoms with Gasteiger partial charge in [0.2, 0.25) is 0 Å². The molecule has 2 heterocycles. The van der Waals surface area contributed by atoms with Crippen LogP contribution in [0.3, 0.4) is 0 Å². The summed E-state index contributed by atoms with van der Waals surface area (Å²) in [7, 11) is 0. The van der Waals surface area contributed by atoms with Crippen LogP contribution < -0.4 is 0 Å². The fourth-order valence-electron chi connectivity index (χ4n) is 2.72. The van der Waals surface area contributed by atoms with Crippen LogP contribution in [0.5, 0.6) is 0 Å². The molecule has 0 aromatic rings. The maximum atomic E-state index is 5.34. The van der Waals surface area contributed by atoms with Gasteiger partial charge in [-0.2, -0.15) is 0 Å². The normalized spacial score (nSPS) is 28.7. The second kappa shape index (κ2) is 4.19. The molecule has 0 bridgehead atoms. The van der Waals surface area contributed by atoms with Gasteiger partial charge in [0.25, 0.3) is 0 Å². The third-order valence-electron chi connectivity index (χ3n) is 4.00. The fraction of sp³-hybridized carbons (Fsp3) is 1.00. The van der Waals surface area contributed by atoms with Gasteiger partial charge >= 0.3 is 0 Å². The van der Waals surface area contributed by atoms with Gasteiger partial charge in [0.05, 0.1) is 13.2 Å². The highest BCUT2D eigenvalue weighted by molar-refractivity contribution is 4.91. The molecule has 2 nitrogen and oxygen atoms in total. The molecule has 2 saturated heterocycles. The average Bonchev–Trinajstić information content (AvgIpc) is 2.16. The Bertz CT molecular complexity index is 179. The number of rotatable bonds is 3. The van der Waals surface area contributed by atoms with Crippen LogP contribution in [0.2, 0.25) is 0 Å². The summed E-state index contributed by atoms with van der Waals surface area (Å²) in [5.74, 6) is 0. The van der Waals surface area contributed by atoms with E-state index in [0.29, 0.717) is 5.41 Å². The van der Waals surface area contributed by atoms with Crippen LogP contribution in [0.1, 0.15) is 39.5 Å². The summed E-state index contributed by atoms with van der Waals surface area (Å²) in [5, 5.41) is 0. The molecule has 2 heteroatoms. The van der Waals surface area contributed by atoms with E-state index in [-0.39, 0.29) is 0 Å². The van der Waals surface area contributed by atoms with Crippen molar-refractivity contribution in [2.24, 2.45) is 5.41 Å². The molecular formula is C12H23NO. The summed E-state index contributed by atoms with van der Waals surface area (Å²) in [5.41, 5.74) is 0.600. The van der Waals surface area contributed by atoms with Crippen LogP contribution in [-0.4, -0.2) is 37.2 Å². The number of nitrogens with zero attached hydrogens (tertiary/aromatic N) is 1. The summed E-state index contributed by atoms with van der Waals surface area (Å²) in [4.78, 5) is 2.66. The first-order valence-electron chi connectivity index (χ1n) is 6.07. The zero-order chi connectivity index (χ0) is 10.0. The lowest BCUT2D eigenvalue weighted by molar-refractivity contribution is -0.142. The Hall–Kier alpha value is -0.0800. The summed E-state index contributed by atoms with van der Waals surface area (Å²) in [6, 6.07) is 0.790. The van der Waals surface area contributed by atoms with E-state index in [9.17, 15) is 0 Å². The van der Waals surface area contributed by atoms with Gasteiger partial charge in [-0.1, -0.05) is 13.3 Å². The smallest absolute Gasteiger partial charge is 0.0545 e. The highest BCUT2D eigenvalue weighted by atomic mass is 16.5. The van der Waals surface area contributed by atoms with Crippen molar-refractivity contribution in [1.82, 2.24) is 4.90 Å². The molecule has 0 aromatic heterocycles. The van der Waals surface area contributed by atoms with Crippen molar-refractivity contribution in [2.75, 3.05) is 26.3 Å². The molecule has 0 radical (unpaired) electrons. The summed E-state index contributed by atoms with van der Waals surface area (Å²) < 4.78 is 5.34. The molecule has 2 rings (SSSR count). The van der Waals surface area contributed by atoms with Gasteiger partial charge in [-0.15, -0.1) is 0 Å². The van der Waals surface area contributed by atoms with Crippen LogP contribution in [-0.2, 0) is 4.74 Å². The lowest BCUT2D eigenvalue weighted by Gasteiger charge is -2.48. The minimum atomic E-state index is 0.600. The fourth-order valence-corrected chi connectivity index (χ4v) is 2.72. The van der Waals surface area contributed by atoms with Gasteiger partial charge in [-0.3, -0.25) is 0 Å². The summed E-state index contributed by atoms with van der Waals surface area (Å²) in [6.07, 6.45) is 5.39. The van der Waals surface area contributed by atoms with E-state index in [4.69, 9.17) is 4.74 Å². The topological polar surface area (TPSA) is 12.5 Å². The lowest BCUT2D eigenvalue weighted by Crippen LogP contribution is -2.52. The van der Waals surface area contributed by atoms with Crippen LogP contribution in [0, 0.1) is 5.41 Å². The zero-order valence-electron chi connectivity index (χ0n) is 9.59. The van der Waals surface area contributed by atoms with Gasteiger partial charge in [0.15, 0.2) is 0 Å². The summed E-state index contributed by atoms with van der Waals surface area (Å²) >= 11 is 0. The minimum Gasteiger partial charge on any atom is -0.380 e. The van der Waals surface area contributed by atoms with Crippen molar-refractivity contribution in [3.05, 3.63) is 0 Å². The molecule has 14 heavy (non-hydrogen) atoms. The quantitative estimate of drug-likeness (QED) is 0.688. The van der Waals surface area contributed by atoms with E-state index in [1.54, 1.807) is 0 Å². The van der Waals surface area contributed by atoms with E-state index in [1.807, 2.05) is 0 Å². The van der Waals surface area contributed by atoms with Gasteiger partial charge in [-0.25, -0.2) is 0 Å². The maximum Gasteiger partial charge on any atom is 0.0545 e. The number of piperidine rings is 1. The first-order chi connectivity index (χ1) is 6.76. The highest BCUT2D eigenvalue weighted by Gasteiger charge is 2.41. The van der Waals surface area contributed by atoms with Crippen molar-refractivity contribution in [2.45, 2.75) is 45.6 Å². The largest absolute Gasteiger partial charge is 0.380 e. The van der Waals surface area contributed by atoms with Crippen LogP contribution in [0.4, 0.5) is 0 Å². The molecule has 0 aromatic carbocycles. The third-order valence-corrected chi connectivity index (χ3v) is 4.00. The van der Waals surface area contributed by atoms with Crippen molar-refractivity contribution < 1.29 is 4.74 Å².